The Kier molecular flexibility index (Phi) is 4.28. The number of amides is 1. The van der Waals surface area contributed by atoms with E-state index in [1.165, 1.54) is 13.0 Å². The largest absolute Gasteiger partial charge is 0.370 e. The van der Waals surface area contributed by atoms with Crippen LogP contribution in [-0.4, -0.2) is 60.6 Å². The van der Waals surface area contributed by atoms with Crippen molar-refractivity contribution in [3.8, 4) is 0 Å². The van der Waals surface area contributed by atoms with Crippen LogP contribution in [-0.2, 0) is 9.53 Å². The van der Waals surface area contributed by atoms with Crippen LogP contribution in [0.25, 0.3) is 0 Å². The molecule has 2 saturated heterocycles. The van der Waals surface area contributed by atoms with E-state index >= 15 is 0 Å². The molecular weight excluding hydrogens is 228 g/mol. The zero-order valence-electron chi connectivity index (χ0n) is 11.9. The van der Waals surface area contributed by atoms with E-state index in [1.807, 2.05) is 4.90 Å². The van der Waals surface area contributed by atoms with Crippen LogP contribution in [0, 0.1) is 5.92 Å². The topological polar surface area (TPSA) is 32.8 Å². The van der Waals surface area contributed by atoms with E-state index in [-0.39, 0.29) is 11.5 Å². The van der Waals surface area contributed by atoms with Crippen molar-refractivity contribution in [1.29, 1.82) is 0 Å². The highest BCUT2D eigenvalue weighted by Crippen LogP contribution is 2.29. The second-order valence-corrected chi connectivity index (χ2v) is 6.20. The zero-order valence-corrected chi connectivity index (χ0v) is 11.9. The van der Waals surface area contributed by atoms with Crippen LogP contribution in [0.1, 0.15) is 33.6 Å². The SMILES string of the molecule is CC(=O)N1CCOC2(CCCN(CC(C)C)C2)C1. The van der Waals surface area contributed by atoms with Crippen molar-refractivity contribution in [3.05, 3.63) is 0 Å². The van der Waals surface area contributed by atoms with E-state index < -0.39 is 0 Å². The van der Waals surface area contributed by atoms with Crippen molar-refractivity contribution in [2.45, 2.75) is 39.2 Å². The molecule has 2 rings (SSSR count). The Morgan fingerprint density at radius 3 is 2.78 bits per heavy atom. The molecule has 2 aliphatic heterocycles. The van der Waals surface area contributed by atoms with Gasteiger partial charge in [-0.3, -0.25) is 4.79 Å². The van der Waals surface area contributed by atoms with Gasteiger partial charge in [0.05, 0.1) is 18.8 Å². The Morgan fingerprint density at radius 1 is 1.33 bits per heavy atom. The maximum Gasteiger partial charge on any atom is 0.219 e. The fraction of sp³-hybridized carbons (Fsp3) is 0.929. The van der Waals surface area contributed by atoms with Crippen LogP contribution in [0.5, 0.6) is 0 Å². The minimum absolute atomic E-state index is 0.100. The summed E-state index contributed by atoms with van der Waals surface area (Å²) in [7, 11) is 0. The van der Waals surface area contributed by atoms with Gasteiger partial charge in [-0.15, -0.1) is 0 Å². The summed E-state index contributed by atoms with van der Waals surface area (Å²) in [6.45, 7) is 11.7. The third-order valence-electron chi connectivity index (χ3n) is 3.94. The number of ether oxygens (including phenoxy) is 1. The zero-order chi connectivity index (χ0) is 13.2. The van der Waals surface area contributed by atoms with Crippen molar-refractivity contribution in [2.24, 2.45) is 5.92 Å². The number of carbonyl (C=O) groups excluding carboxylic acids is 1. The van der Waals surface area contributed by atoms with E-state index in [0.29, 0.717) is 12.5 Å². The molecule has 1 unspecified atom stereocenters. The first-order valence-electron chi connectivity index (χ1n) is 7.13. The van der Waals surface area contributed by atoms with Crippen molar-refractivity contribution in [2.75, 3.05) is 39.3 Å². The van der Waals surface area contributed by atoms with E-state index in [2.05, 4.69) is 18.7 Å². The van der Waals surface area contributed by atoms with Gasteiger partial charge >= 0.3 is 0 Å². The lowest BCUT2D eigenvalue weighted by molar-refractivity contribution is -0.159. The number of hydrogen-bond donors (Lipinski definition) is 0. The minimum atomic E-state index is -0.100. The highest BCUT2D eigenvalue weighted by molar-refractivity contribution is 5.73. The smallest absolute Gasteiger partial charge is 0.219 e. The van der Waals surface area contributed by atoms with Gasteiger partial charge in [0.15, 0.2) is 0 Å². The average molecular weight is 254 g/mol. The van der Waals surface area contributed by atoms with Crippen molar-refractivity contribution in [3.63, 3.8) is 0 Å². The van der Waals surface area contributed by atoms with Crippen LogP contribution < -0.4 is 0 Å². The second-order valence-electron chi connectivity index (χ2n) is 6.20. The molecule has 4 nitrogen and oxygen atoms in total. The molecule has 2 heterocycles. The van der Waals surface area contributed by atoms with Crippen LogP contribution in [0.3, 0.4) is 0 Å². The molecule has 1 spiro atoms. The van der Waals surface area contributed by atoms with Crippen molar-refractivity contribution < 1.29 is 9.53 Å². The quantitative estimate of drug-likeness (QED) is 0.746. The monoisotopic (exact) mass is 254 g/mol. The summed E-state index contributed by atoms with van der Waals surface area (Å²) in [5.41, 5.74) is -0.100. The summed E-state index contributed by atoms with van der Waals surface area (Å²) in [6, 6.07) is 0. The molecule has 0 radical (unpaired) electrons. The van der Waals surface area contributed by atoms with Crippen LogP contribution in [0.4, 0.5) is 0 Å². The molecule has 0 saturated carbocycles. The van der Waals surface area contributed by atoms with E-state index in [4.69, 9.17) is 4.74 Å². The van der Waals surface area contributed by atoms with Gasteiger partial charge in [-0.05, 0) is 25.3 Å². The van der Waals surface area contributed by atoms with Gasteiger partial charge in [-0.1, -0.05) is 13.8 Å². The summed E-state index contributed by atoms with van der Waals surface area (Å²) in [5.74, 6) is 0.867. The first-order valence-corrected chi connectivity index (χ1v) is 7.13. The first kappa shape index (κ1) is 13.8. The molecule has 0 N–H and O–H groups in total. The van der Waals surface area contributed by atoms with Crippen LogP contribution in [0.15, 0.2) is 0 Å². The molecule has 18 heavy (non-hydrogen) atoms. The highest BCUT2D eigenvalue weighted by Gasteiger charge is 2.41. The Morgan fingerprint density at radius 2 is 2.11 bits per heavy atom. The molecule has 0 aromatic heterocycles. The third-order valence-corrected chi connectivity index (χ3v) is 3.94. The second kappa shape index (κ2) is 5.57. The summed E-state index contributed by atoms with van der Waals surface area (Å²) >= 11 is 0. The van der Waals surface area contributed by atoms with Crippen LogP contribution >= 0.6 is 0 Å². The Labute approximate surface area is 110 Å². The maximum atomic E-state index is 11.5. The number of piperidine rings is 1. The molecule has 0 aliphatic carbocycles. The molecule has 2 aliphatic rings. The van der Waals surface area contributed by atoms with Gasteiger partial charge in [0, 0.05) is 26.6 Å². The Balaban J connectivity index is 1.99. The fourth-order valence-corrected chi connectivity index (χ4v) is 3.22. The fourth-order valence-electron chi connectivity index (χ4n) is 3.22. The van der Waals surface area contributed by atoms with Gasteiger partial charge in [0.1, 0.15) is 0 Å². The molecule has 4 heteroatoms. The standard InChI is InChI=1S/C14H26N2O2/c1-12(2)9-15-6-4-5-14(10-15)11-16(13(3)17)7-8-18-14/h12H,4-11H2,1-3H3. The molecular formula is C14H26N2O2. The van der Waals surface area contributed by atoms with Gasteiger partial charge in [-0.2, -0.15) is 0 Å². The lowest BCUT2D eigenvalue weighted by Gasteiger charge is -2.48. The maximum absolute atomic E-state index is 11.5. The van der Waals surface area contributed by atoms with Gasteiger partial charge in [-0.25, -0.2) is 0 Å². The number of morpholine rings is 1. The predicted octanol–water partition coefficient (Wildman–Crippen LogP) is 1.36. The van der Waals surface area contributed by atoms with Gasteiger partial charge in [0.25, 0.3) is 0 Å². The third kappa shape index (κ3) is 3.23. The molecule has 2 fully saturated rings. The normalized spacial score (nSPS) is 30.1. The number of hydrogen-bond acceptors (Lipinski definition) is 3. The summed E-state index contributed by atoms with van der Waals surface area (Å²) in [6.07, 6.45) is 2.27. The lowest BCUT2D eigenvalue weighted by atomic mass is 9.90. The molecule has 0 bridgehead atoms. The van der Waals surface area contributed by atoms with Gasteiger partial charge in [0.2, 0.25) is 5.91 Å². The lowest BCUT2D eigenvalue weighted by Crippen LogP contribution is -2.60. The van der Waals surface area contributed by atoms with Crippen molar-refractivity contribution in [1.82, 2.24) is 9.80 Å². The molecule has 104 valence electrons. The summed E-state index contributed by atoms with van der Waals surface area (Å²) < 4.78 is 6.06. The van der Waals surface area contributed by atoms with Crippen molar-refractivity contribution >= 4 is 5.91 Å². The minimum Gasteiger partial charge on any atom is -0.370 e. The Hall–Kier alpha value is -0.610. The number of rotatable bonds is 2. The molecule has 1 atom stereocenters. The summed E-state index contributed by atoms with van der Waals surface area (Å²) in [5, 5.41) is 0. The van der Waals surface area contributed by atoms with E-state index in [9.17, 15) is 4.79 Å². The van der Waals surface area contributed by atoms with Gasteiger partial charge < -0.3 is 14.5 Å². The molecule has 0 aromatic carbocycles. The van der Waals surface area contributed by atoms with Crippen LogP contribution in [0.2, 0.25) is 0 Å². The first-order chi connectivity index (χ1) is 8.51. The summed E-state index contributed by atoms with van der Waals surface area (Å²) in [4.78, 5) is 16.0. The van der Waals surface area contributed by atoms with E-state index in [0.717, 1.165) is 32.6 Å². The molecule has 1 amide bonds. The number of nitrogens with zero attached hydrogens (tertiary/aromatic N) is 2. The molecule has 0 aromatic rings. The van der Waals surface area contributed by atoms with E-state index in [1.54, 1.807) is 6.92 Å². The number of carbonyl (C=O) groups is 1. The number of likely N-dealkylation sites (tertiary alicyclic amines) is 1. The average Bonchev–Trinajstić information content (AvgIpc) is 2.28. The Bertz CT molecular complexity index is 302. The highest BCUT2D eigenvalue weighted by atomic mass is 16.5. The predicted molar refractivity (Wildman–Crippen MR) is 71.4 cm³/mol.